The van der Waals surface area contributed by atoms with Crippen molar-refractivity contribution in [2.45, 2.75) is 64.4 Å². The zero-order valence-electron chi connectivity index (χ0n) is 12.8. The van der Waals surface area contributed by atoms with Gasteiger partial charge in [0.2, 0.25) is 0 Å². The lowest BCUT2D eigenvalue weighted by Crippen LogP contribution is -2.45. The summed E-state index contributed by atoms with van der Waals surface area (Å²) < 4.78 is 5.53. The van der Waals surface area contributed by atoms with Gasteiger partial charge in [-0.2, -0.15) is 0 Å². The van der Waals surface area contributed by atoms with Gasteiger partial charge in [0.05, 0.1) is 24.9 Å². The maximum atomic E-state index is 12.2. The largest absolute Gasteiger partial charge is 0.391 e. The van der Waals surface area contributed by atoms with Crippen LogP contribution in [0.3, 0.4) is 0 Å². The number of aliphatic hydroxyl groups excluding tert-OH is 1. The van der Waals surface area contributed by atoms with Gasteiger partial charge >= 0.3 is 0 Å². The summed E-state index contributed by atoms with van der Waals surface area (Å²) >= 11 is 0. The van der Waals surface area contributed by atoms with Crippen LogP contribution in [0, 0.1) is 0 Å². The van der Waals surface area contributed by atoms with Crippen LogP contribution < -0.4 is 5.32 Å². The fourth-order valence-corrected chi connectivity index (χ4v) is 2.55. The maximum Gasteiger partial charge on any atom is 0.251 e. The number of carbonyl (C=O) groups excluding carboxylic acids is 1. The Morgan fingerprint density at radius 2 is 1.95 bits per heavy atom. The molecule has 116 valence electrons. The van der Waals surface area contributed by atoms with Gasteiger partial charge in [-0.25, -0.2) is 0 Å². The van der Waals surface area contributed by atoms with Crippen LogP contribution >= 0.6 is 0 Å². The van der Waals surface area contributed by atoms with E-state index in [9.17, 15) is 9.90 Å². The summed E-state index contributed by atoms with van der Waals surface area (Å²) in [5, 5.41) is 12.8. The maximum absolute atomic E-state index is 12.2. The zero-order valence-corrected chi connectivity index (χ0v) is 12.8. The Hall–Kier alpha value is -1.39. The van der Waals surface area contributed by atoms with Gasteiger partial charge in [0.25, 0.3) is 5.91 Å². The lowest BCUT2D eigenvalue weighted by molar-refractivity contribution is 0.0656. The van der Waals surface area contributed by atoms with Crippen LogP contribution in [0.15, 0.2) is 24.3 Å². The normalized spacial score (nSPS) is 22.3. The molecule has 0 saturated heterocycles. The van der Waals surface area contributed by atoms with Crippen molar-refractivity contribution in [3.63, 3.8) is 0 Å². The van der Waals surface area contributed by atoms with Crippen molar-refractivity contribution in [3.05, 3.63) is 35.4 Å². The molecular formula is C17H25NO3. The third-order valence-electron chi connectivity index (χ3n) is 3.85. The number of amides is 1. The van der Waals surface area contributed by atoms with E-state index in [2.05, 4.69) is 5.32 Å². The molecule has 1 aliphatic carbocycles. The first kappa shape index (κ1) is 16.0. The highest BCUT2D eigenvalue weighted by atomic mass is 16.5. The molecule has 1 aliphatic rings. The Labute approximate surface area is 126 Å². The molecule has 1 aromatic carbocycles. The van der Waals surface area contributed by atoms with Crippen molar-refractivity contribution >= 4 is 5.91 Å². The van der Waals surface area contributed by atoms with Crippen LogP contribution in [-0.2, 0) is 11.3 Å². The molecule has 0 aliphatic heterocycles. The first-order valence-corrected chi connectivity index (χ1v) is 7.75. The summed E-state index contributed by atoms with van der Waals surface area (Å²) in [5.74, 6) is -0.114. The van der Waals surface area contributed by atoms with Crippen molar-refractivity contribution in [2.24, 2.45) is 0 Å². The fraction of sp³-hybridized carbons (Fsp3) is 0.588. The number of nitrogens with one attached hydrogen (secondary N) is 1. The Kier molecular flexibility index (Phi) is 5.76. The summed E-state index contributed by atoms with van der Waals surface area (Å²) in [6.07, 6.45) is 3.51. The second kappa shape index (κ2) is 7.57. The second-order valence-corrected chi connectivity index (χ2v) is 5.99. The lowest BCUT2D eigenvalue weighted by atomic mass is 9.92. The fourth-order valence-electron chi connectivity index (χ4n) is 2.55. The number of carbonyl (C=O) groups is 1. The monoisotopic (exact) mass is 291 g/mol. The molecule has 0 heterocycles. The van der Waals surface area contributed by atoms with Gasteiger partial charge in [0.1, 0.15) is 0 Å². The first-order valence-electron chi connectivity index (χ1n) is 7.75. The highest BCUT2D eigenvalue weighted by molar-refractivity contribution is 5.94. The molecule has 2 N–H and O–H groups in total. The molecule has 1 amide bonds. The van der Waals surface area contributed by atoms with E-state index < -0.39 is 6.10 Å². The van der Waals surface area contributed by atoms with E-state index in [1.54, 1.807) is 0 Å². The minimum absolute atomic E-state index is 0.114. The lowest BCUT2D eigenvalue weighted by Gasteiger charge is -2.28. The van der Waals surface area contributed by atoms with Crippen LogP contribution in [0.25, 0.3) is 0 Å². The summed E-state index contributed by atoms with van der Waals surface area (Å²) in [4.78, 5) is 12.2. The molecule has 0 unspecified atom stereocenters. The van der Waals surface area contributed by atoms with E-state index in [4.69, 9.17) is 4.74 Å². The van der Waals surface area contributed by atoms with E-state index in [1.807, 2.05) is 38.1 Å². The van der Waals surface area contributed by atoms with Crippen LogP contribution in [0.1, 0.15) is 55.5 Å². The number of rotatable bonds is 5. The molecule has 0 radical (unpaired) electrons. The Balaban J connectivity index is 1.90. The predicted octanol–water partition coefficient (Wildman–Crippen LogP) is 2.64. The molecule has 21 heavy (non-hydrogen) atoms. The van der Waals surface area contributed by atoms with Gasteiger partial charge in [-0.3, -0.25) is 4.79 Å². The first-order chi connectivity index (χ1) is 10.1. The van der Waals surface area contributed by atoms with Crippen LogP contribution in [0.4, 0.5) is 0 Å². The molecule has 2 rings (SSSR count). The van der Waals surface area contributed by atoms with E-state index in [0.717, 1.165) is 31.2 Å². The molecular weight excluding hydrogens is 266 g/mol. The zero-order chi connectivity index (χ0) is 15.2. The number of aliphatic hydroxyl groups is 1. The number of benzene rings is 1. The smallest absolute Gasteiger partial charge is 0.251 e. The van der Waals surface area contributed by atoms with Crippen molar-refractivity contribution in [2.75, 3.05) is 0 Å². The summed E-state index contributed by atoms with van der Waals surface area (Å²) in [6.45, 7) is 4.55. The molecule has 1 aromatic rings. The van der Waals surface area contributed by atoms with Gasteiger partial charge < -0.3 is 15.2 Å². The Morgan fingerprint density at radius 3 is 2.57 bits per heavy atom. The predicted molar refractivity (Wildman–Crippen MR) is 82.1 cm³/mol. The molecule has 0 aromatic heterocycles. The van der Waals surface area contributed by atoms with Crippen LogP contribution in [0.5, 0.6) is 0 Å². The SMILES string of the molecule is CC(C)OCc1ccc(C(=O)N[C@H]2CCCC[C@@H]2O)cc1. The van der Waals surface area contributed by atoms with Gasteiger partial charge in [0.15, 0.2) is 0 Å². The van der Waals surface area contributed by atoms with E-state index in [1.165, 1.54) is 0 Å². The number of ether oxygens (including phenoxy) is 1. The van der Waals surface area contributed by atoms with Gasteiger partial charge in [-0.15, -0.1) is 0 Å². The Bertz CT molecular complexity index is 456. The number of hydrogen-bond acceptors (Lipinski definition) is 3. The molecule has 2 atom stereocenters. The van der Waals surface area contributed by atoms with Gasteiger partial charge in [-0.1, -0.05) is 25.0 Å². The van der Waals surface area contributed by atoms with E-state index >= 15 is 0 Å². The Morgan fingerprint density at radius 1 is 1.29 bits per heavy atom. The van der Waals surface area contributed by atoms with Crippen molar-refractivity contribution < 1.29 is 14.6 Å². The van der Waals surface area contributed by atoms with Gasteiger partial charge in [-0.05, 0) is 44.4 Å². The second-order valence-electron chi connectivity index (χ2n) is 5.99. The minimum Gasteiger partial charge on any atom is -0.391 e. The summed E-state index contributed by atoms with van der Waals surface area (Å²) in [6, 6.07) is 7.33. The average molecular weight is 291 g/mol. The topological polar surface area (TPSA) is 58.6 Å². The molecule has 0 spiro atoms. The van der Waals surface area contributed by atoms with E-state index in [-0.39, 0.29) is 18.1 Å². The van der Waals surface area contributed by atoms with Gasteiger partial charge in [0, 0.05) is 5.56 Å². The highest BCUT2D eigenvalue weighted by Crippen LogP contribution is 2.19. The van der Waals surface area contributed by atoms with E-state index in [0.29, 0.717) is 12.2 Å². The third kappa shape index (κ3) is 4.83. The quantitative estimate of drug-likeness (QED) is 0.877. The molecule has 4 heteroatoms. The standard InChI is InChI=1S/C17H25NO3/c1-12(2)21-11-13-7-9-14(10-8-13)17(20)18-15-5-3-4-6-16(15)19/h7-10,12,15-16,19H,3-6,11H2,1-2H3,(H,18,20)/t15-,16-/m0/s1. The number of hydrogen-bond donors (Lipinski definition) is 2. The molecule has 0 bridgehead atoms. The van der Waals surface area contributed by atoms with Crippen LogP contribution in [-0.4, -0.2) is 29.3 Å². The van der Waals surface area contributed by atoms with Crippen molar-refractivity contribution in [3.8, 4) is 0 Å². The molecule has 1 saturated carbocycles. The summed E-state index contributed by atoms with van der Waals surface area (Å²) in [7, 11) is 0. The average Bonchev–Trinajstić information content (AvgIpc) is 2.48. The minimum atomic E-state index is -0.415. The van der Waals surface area contributed by atoms with Crippen LogP contribution in [0.2, 0.25) is 0 Å². The molecule has 4 nitrogen and oxygen atoms in total. The highest BCUT2D eigenvalue weighted by Gasteiger charge is 2.24. The molecule has 1 fully saturated rings. The third-order valence-corrected chi connectivity index (χ3v) is 3.85. The van der Waals surface area contributed by atoms with Crippen molar-refractivity contribution in [1.82, 2.24) is 5.32 Å². The summed E-state index contributed by atoms with van der Waals surface area (Å²) in [5.41, 5.74) is 1.68. The van der Waals surface area contributed by atoms with Crippen molar-refractivity contribution in [1.29, 1.82) is 0 Å².